The lowest BCUT2D eigenvalue weighted by atomic mass is 10.4. The van der Waals surface area contributed by atoms with Crippen LogP contribution in [-0.4, -0.2) is 17.5 Å². The van der Waals surface area contributed by atoms with Gasteiger partial charge in [-0.1, -0.05) is 5.23 Å². The average Bonchev–Trinajstić information content (AvgIpc) is 2.34. The van der Waals surface area contributed by atoms with E-state index in [2.05, 4.69) is 21.2 Å². The average molecular weight is 153 g/mol. The van der Waals surface area contributed by atoms with E-state index in [0.717, 1.165) is 5.23 Å². The zero-order valence-electron chi connectivity index (χ0n) is 5.40. The molecule has 0 saturated heterocycles. The molecule has 2 rings (SSSR count). The predicted molar refractivity (Wildman–Crippen MR) is 35.0 cm³/mol. The molecule has 0 saturated carbocycles. The molecule has 0 unspecified atom stereocenters. The smallest absolute Gasteiger partial charge is 0.269 e. The molecule has 2 aliphatic rings. The molecule has 0 fully saturated rings. The van der Waals surface area contributed by atoms with Crippen LogP contribution in [0.3, 0.4) is 0 Å². The molecule has 7 heteroatoms. The number of hydrogen-bond acceptors (Lipinski definition) is 5. The quantitative estimate of drug-likeness (QED) is 0.336. The third-order valence-corrected chi connectivity index (χ3v) is 1.26. The number of nitrogens with one attached hydrogen (secondary N) is 2. The maximum atomic E-state index is 11.0. The summed E-state index contributed by atoms with van der Waals surface area (Å²) in [6.07, 6.45) is 1.29. The van der Waals surface area contributed by atoms with Crippen molar-refractivity contribution in [2.75, 3.05) is 0 Å². The maximum absolute atomic E-state index is 11.0. The van der Waals surface area contributed by atoms with Gasteiger partial charge in [0, 0.05) is 0 Å². The molecule has 2 aliphatic heterocycles. The van der Waals surface area contributed by atoms with Crippen molar-refractivity contribution < 1.29 is 4.79 Å². The first-order chi connectivity index (χ1) is 5.27. The van der Waals surface area contributed by atoms with Crippen LogP contribution in [0, 0.1) is 0 Å². The van der Waals surface area contributed by atoms with Gasteiger partial charge in [0.25, 0.3) is 5.91 Å². The van der Waals surface area contributed by atoms with Gasteiger partial charge in [0.05, 0.1) is 0 Å². The van der Waals surface area contributed by atoms with Crippen molar-refractivity contribution >= 4 is 12.2 Å². The Kier molecular flexibility index (Phi) is 1.08. The van der Waals surface area contributed by atoms with E-state index in [-0.39, 0.29) is 11.6 Å². The monoisotopic (exact) mass is 153 g/mol. The van der Waals surface area contributed by atoms with Crippen molar-refractivity contribution in [2.45, 2.75) is 0 Å². The molecule has 4 N–H and O–H groups in total. The minimum absolute atomic E-state index is 0.256. The fourth-order valence-electron chi connectivity index (χ4n) is 0.819. The highest BCUT2D eigenvalue weighted by Gasteiger charge is 2.26. The summed E-state index contributed by atoms with van der Waals surface area (Å²) in [5, 5.41) is 4.68. The van der Waals surface area contributed by atoms with Crippen molar-refractivity contribution in [3.05, 3.63) is 11.5 Å². The van der Waals surface area contributed by atoms with Crippen LogP contribution in [-0.2, 0) is 4.79 Å². The molecule has 1 amide bonds. The van der Waals surface area contributed by atoms with Gasteiger partial charge < -0.3 is 0 Å². The standard InChI is InChI=1S/C4H5N6O/c5-10-8-3-2(4(11)9-10)6-1-7-3/h1,8H,5H2,(H,9,11). The number of nitrogens with two attached hydrogens (primary N) is 1. The Morgan fingerprint density at radius 1 is 1.55 bits per heavy atom. The van der Waals surface area contributed by atoms with Gasteiger partial charge in [-0.15, -0.1) is 0 Å². The van der Waals surface area contributed by atoms with Gasteiger partial charge in [0.2, 0.25) is 0 Å². The SMILES string of the molecule is NN1NC(=O)C2=C([N]C=N2)N1. The van der Waals surface area contributed by atoms with Crippen molar-refractivity contribution in [3.8, 4) is 0 Å². The minimum atomic E-state index is -0.362. The third-order valence-electron chi connectivity index (χ3n) is 1.26. The highest BCUT2D eigenvalue weighted by molar-refractivity contribution is 5.97. The van der Waals surface area contributed by atoms with E-state index in [1.165, 1.54) is 6.34 Å². The summed E-state index contributed by atoms with van der Waals surface area (Å²) in [5.74, 6) is 5.23. The summed E-state index contributed by atoms with van der Waals surface area (Å²) in [6, 6.07) is 0. The summed E-state index contributed by atoms with van der Waals surface area (Å²) < 4.78 is 0. The van der Waals surface area contributed by atoms with E-state index in [9.17, 15) is 4.79 Å². The largest absolute Gasteiger partial charge is 0.290 e. The minimum Gasteiger partial charge on any atom is -0.269 e. The third kappa shape index (κ3) is 0.827. The summed E-state index contributed by atoms with van der Waals surface area (Å²) in [5.41, 5.74) is 5.11. The Morgan fingerprint density at radius 2 is 2.36 bits per heavy atom. The summed E-state index contributed by atoms with van der Waals surface area (Å²) in [7, 11) is 0. The van der Waals surface area contributed by atoms with Gasteiger partial charge in [-0.25, -0.2) is 16.2 Å². The Hall–Kier alpha value is -1.60. The molecule has 11 heavy (non-hydrogen) atoms. The molecular formula is C4H5N6O. The van der Waals surface area contributed by atoms with Crippen LogP contribution in [0.5, 0.6) is 0 Å². The van der Waals surface area contributed by atoms with E-state index in [1.807, 2.05) is 0 Å². The van der Waals surface area contributed by atoms with Gasteiger partial charge in [-0.05, 0) is 0 Å². The molecule has 1 radical (unpaired) electrons. The number of nitrogens with zero attached hydrogens (tertiary/aromatic N) is 3. The molecular weight excluding hydrogens is 148 g/mol. The first-order valence-corrected chi connectivity index (χ1v) is 2.87. The lowest BCUT2D eigenvalue weighted by molar-refractivity contribution is -0.125. The number of rotatable bonds is 0. The fraction of sp³-hybridized carbons (Fsp3) is 0. The van der Waals surface area contributed by atoms with Crippen LogP contribution in [0.25, 0.3) is 0 Å². The Balaban J connectivity index is 2.33. The predicted octanol–water partition coefficient (Wildman–Crippen LogP) is -2.47. The lowest BCUT2D eigenvalue weighted by Gasteiger charge is -2.23. The van der Waals surface area contributed by atoms with E-state index >= 15 is 0 Å². The van der Waals surface area contributed by atoms with Crippen LogP contribution in [0.4, 0.5) is 0 Å². The van der Waals surface area contributed by atoms with Crippen molar-refractivity contribution in [1.82, 2.24) is 21.4 Å². The Labute approximate surface area is 61.8 Å². The van der Waals surface area contributed by atoms with Crippen molar-refractivity contribution in [3.63, 3.8) is 0 Å². The van der Waals surface area contributed by atoms with Gasteiger partial charge in [0.1, 0.15) is 6.34 Å². The maximum Gasteiger partial charge on any atom is 0.290 e. The number of amides is 1. The van der Waals surface area contributed by atoms with Crippen LogP contribution < -0.4 is 22.0 Å². The first-order valence-electron chi connectivity index (χ1n) is 2.87. The Morgan fingerprint density at radius 3 is 3.18 bits per heavy atom. The zero-order chi connectivity index (χ0) is 7.84. The first kappa shape index (κ1) is 6.13. The van der Waals surface area contributed by atoms with E-state index in [4.69, 9.17) is 5.84 Å². The van der Waals surface area contributed by atoms with Crippen molar-refractivity contribution in [1.29, 1.82) is 0 Å². The van der Waals surface area contributed by atoms with E-state index < -0.39 is 0 Å². The van der Waals surface area contributed by atoms with Crippen LogP contribution >= 0.6 is 0 Å². The van der Waals surface area contributed by atoms with Crippen LogP contribution in [0.2, 0.25) is 0 Å². The number of hydrazine groups is 3. The normalized spacial score (nSPS) is 22.5. The number of carbonyl (C=O) groups is 1. The molecule has 0 aromatic rings. The summed E-state index contributed by atoms with van der Waals surface area (Å²) >= 11 is 0. The van der Waals surface area contributed by atoms with Crippen LogP contribution in [0.15, 0.2) is 16.5 Å². The van der Waals surface area contributed by atoms with Gasteiger partial charge in [-0.3, -0.25) is 15.6 Å². The molecule has 0 aromatic heterocycles. The van der Waals surface area contributed by atoms with E-state index in [1.54, 1.807) is 0 Å². The molecule has 0 aliphatic carbocycles. The fourth-order valence-corrected chi connectivity index (χ4v) is 0.819. The Bertz CT molecular complexity index is 268. The molecule has 0 atom stereocenters. The topological polar surface area (TPSA) is 96.9 Å². The second-order valence-corrected chi connectivity index (χ2v) is 1.99. The van der Waals surface area contributed by atoms with E-state index in [0.29, 0.717) is 5.82 Å². The molecule has 57 valence electrons. The van der Waals surface area contributed by atoms with Gasteiger partial charge in [0.15, 0.2) is 11.5 Å². The summed E-state index contributed by atoms with van der Waals surface area (Å²) in [4.78, 5) is 14.7. The number of aliphatic imine (C=N–C) groups is 1. The molecule has 0 spiro atoms. The van der Waals surface area contributed by atoms with Crippen molar-refractivity contribution in [2.24, 2.45) is 10.8 Å². The van der Waals surface area contributed by atoms with Crippen LogP contribution in [0.1, 0.15) is 0 Å². The highest BCUT2D eigenvalue weighted by atomic mass is 16.2. The number of carbonyl (C=O) groups excluding carboxylic acids is 1. The molecule has 0 bridgehead atoms. The number of hydrogen-bond donors (Lipinski definition) is 3. The molecule has 7 nitrogen and oxygen atoms in total. The second kappa shape index (κ2) is 1.94. The highest BCUT2D eigenvalue weighted by Crippen LogP contribution is 2.09. The lowest BCUT2D eigenvalue weighted by Crippen LogP contribution is -2.59. The molecule has 2 heterocycles. The second-order valence-electron chi connectivity index (χ2n) is 1.99. The summed E-state index contributed by atoms with van der Waals surface area (Å²) in [6.45, 7) is 0. The zero-order valence-corrected chi connectivity index (χ0v) is 5.40. The molecule has 0 aromatic carbocycles. The van der Waals surface area contributed by atoms with Gasteiger partial charge in [-0.2, -0.15) is 0 Å². The van der Waals surface area contributed by atoms with Gasteiger partial charge >= 0.3 is 0 Å².